The summed E-state index contributed by atoms with van der Waals surface area (Å²) in [5, 5.41) is 8.55. The molecule has 2 aromatic heterocycles. The van der Waals surface area contributed by atoms with Gasteiger partial charge in [0, 0.05) is 6.20 Å². The Morgan fingerprint density at radius 2 is 1.90 bits per heavy atom. The predicted octanol–water partition coefficient (Wildman–Crippen LogP) is 1.72. The van der Waals surface area contributed by atoms with E-state index in [-0.39, 0.29) is 0 Å². The number of para-hydroxylation sites is 1. The predicted molar refractivity (Wildman–Crippen MR) is 73.3 cm³/mol. The Kier molecular flexibility index (Phi) is 3.54. The standard InChI is InChI=1S/C13H11FN4O.Al.H/c14-8-10-6-7-17(15-10)13-12(19)9-18(16-13)11-4-2-1-3-5-11;;/h1-7,9,19H,8H2;;/q;+1;/p-1. The SMILES string of the molecule is FCc1ccn(-c2nn(-c3ccccc3)cc2[O][AlH])n1. The Morgan fingerprint density at radius 1 is 1.10 bits per heavy atom. The van der Waals surface area contributed by atoms with Crippen molar-refractivity contribution in [1.82, 2.24) is 19.6 Å². The van der Waals surface area contributed by atoms with Crippen molar-refractivity contribution in [1.29, 1.82) is 0 Å². The maximum Gasteiger partial charge on any atom is 0.494 e. The van der Waals surface area contributed by atoms with Gasteiger partial charge >= 0.3 is 16.6 Å². The molecule has 0 aliphatic rings. The fourth-order valence-electron chi connectivity index (χ4n) is 1.87. The quantitative estimate of drug-likeness (QED) is 0.686. The highest BCUT2D eigenvalue weighted by Crippen LogP contribution is 2.22. The van der Waals surface area contributed by atoms with Gasteiger partial charge in [0.2, 0.25) is 5.82 Å². The summed E-state index contributed by atoms with van der Waals surface area (Å²) in [5.41, 5.74) is 1.28. The topological polar surface area (TPSA) is 44.9 Å². The molecular formula is C13H11AlFN4O. The number of rotatable bonds is 4. The minimum Gasteiger partial charge on any atom is -0.647 e. The average Bonchev–Trinajstić information content (AvgIpc) is 3.14. The highest BCUT2D eigenvalue weighted by atomic mass is 27.1. The lowest BCUT2D eigenvalue weighted by atomic mass is 10.3. The molecule has 20 heavy (non-hydrogen) atoms. The normalized spacial score (nSPS) is 10.7. The molecule has 7 heteroatoms. The van der Waals surface area contributed by atoms with Crippen LogP contribution >= 0.6 is 0 Å². The molecule has 0 spiro atoms. The first-order valence-corrected chi connectivity index (χ1v) is 6.57. The molecule has 0 atom stereocenters. The monoisotopic (exact) mass is 285 g/mol. The van der Waals surface area contributed by atoms with Gasteiger partial charge in [-0.25, -0.2) is 13.8 Å². The highest BCUT2D eigenvalue weighted by Gasteiger charge is 2.13. The highest BCUT2D eigenvalue weighted by molar-refractivity contribution is 6.00. The first-order chi connectivity index (χ1) is 9.81. The first-order valence-electron chi connectivity index (χ1n) is 6.00. The molecule has 0 fully saturated rings. The molecule has 2 heterocycles. The molecule has 0 bridgehead atoms. The molecule has 1 radical (unpaired) electrons. The van der Waals surface area contributed by atoms with Crippen molar-refractivity contribution in [2.45, 2.75) is 6.67 Å². The summed E-state index contributed by atoms with van der Waals surface area (Å²) in [4.78, 5) is 0. The van der Waals surface area contributed by atoms with Crippen molar-refractivity contribution in [2.24, 2.45) is 0 Å². The van der Waals surface area contributed by atoms with Crippen LogP contribution in [0.4, 0.5) is 4.39 Å². The second kappa shape index (κ2) is 5.49. The Hall–Kier alpha value is -2.10. The van der Waals surface area contributed by atoms with Crippen molar-refractivity contribution in [3.63, 3.8) is 0 Å². The van der Waals surface area contributed by atoms with Crippen molar-refractivity contribution >= 4 is 16.6 Å². The van der Waals surface area contributed by atoms with Gasteiger partial charge in [-0.05, 0) is 18.2 Å². The van der Waals surface area contributed by atoms with E-state index in [2.05, 4.69) is 10.2 Å². The lowest BCUT2D eigenvalue weighted by Gasteiger charge is -2.01. The number of alkyl halides is 1. The van der Waals surface area contributed by atoms with E-state index in [1.165, 1.54) is 21.3 Å². The van der Waals surface area contributed by atoms with Gasteiger partial charge in [-0.3, -0.25) is 0 Å². The van der Waals surface area contributed by atoms with Gasteiger partial charge in [-0.2, -0.15) is 5.10 Å². The summed E-state index contributed by atoms with van der Waals surface area (Å²) in [5.74, 6) is 1.12. The van der Waals surface area contributed by atoms with E-state index < -0.39 is 6.67 Å². The summed E-state index contributed by atoms with van der Waals surface area (Å²) in [6, 6.07) is 11.3. The van der Waals surface area contributed by atoms with Gasteiger partial charge in [0.15, 0.2) is 0 Å². The van der Waals surface area contributed by atoms with Gasteiger partial charge in [0.1, 0.15) is 12.4 Å². The van der Waals surface area contributed by atoms with Crippen molar-refractivity contribution in [3.8, 4) is 17.3 Å². The van der Waals surface area contributed by atoms with E-state index >= 15 is 0 Å². The maximum atomic E-state index is 12.6. The number of nitrogens with zero attached hydrogens (tertiary/aromatic N) is 4. The van der Waals surface area contributed by atoms with Crippen LogP contribution in [-0.2, 0) is 6.67 Å². The summed E-state index contributed by atoms with van der Waals surface area (Å²) < 4.78 is 21.1. The second-order valence-electron chi connectivity index (χ2n) is 4.13. The van der Waals surface area contributed by atoms with Crippen LogP contribution in [0.15, 0.2) is 48.8 Å². The van der Waals surface area contributed by atoms with Crippen LogP contribution in [0.25, 0.3) is 11.5 Å². The molecule has 0 aliphatic carbocycles. The molecule has 3 aromatic rings. The summed E-state index contributed by atoms with van der Waals surface area (Å²) in [7, 11) is 0. The van der Waals surface area contributed by atoms with Gasteiger partial charge in [-0.1, -0.05) is 18.2 Å². The number of benzene rings is 1. The zero-order valence-corrected chi connectivity index (χ0v) is 12.0. The zero-order chi connectivity index (χ0) is 13.9. The molecule has 0 N–H and O–H groups in total. The second-order valence-corrected chi connectivity index (χ2v) is 4.42. The van der Waals surface area contributed by atoms with E-state index in [0.29, 0.717) is 17.3 Å². The zero-order valence-electron chi connectivity index (χ0n) is 10.6. The third-order valence-corrected chi connectivity index (χ3v) is 3.15. The number of aromatic nitrogens is 4. The van der Waals surface area contributed by atoms with Crippen LogP contribution < -0.4 is 3.79 Å². The third kappa shape index (κ3) is 2.33. The number of halogens is 1. The lowest BCUT2D eigenvalue weighted by molar-refractivity contribution is 0.472. The Balaban J connectivity index is 2.05. The van der Waals surface area contributed by atoms with Crippen molar-refractivity contribution in [3.05, 3.63) is 54.5 Å². The van der Waals surface area contributed by atoms with E-state index in [0.717, 1.165) is 5.69 Å². The molecule has 0 unspecified atom stereocenters. The van der Waals surface area contributed by atoms with E-state index in [1.54, 1.807) is 23.1 Å². The Bertz CT molecular complexity index is 710. The molecule has 1 aromatic carbocycles. The van der Waals surface area contributed by atoms with Crippen molar-refractivity contribution < 1.29 is 8.18 Å². The number of hydrogen-bond acceptors (Lipinski definition) is 3. The minimum absolute atomic E-state index is 0.365. The van der Waals surface area contributed by atoms with Gasteiger partial charge in [-0.15, -0.1) is 5.10 Å². The summed E-state index contributed by atoms with van der Waals surface area (Å²) in [6.07, 6.45) is 3.44. The van der Waals surface area contributed by atoms with E-state index in [4.69, 9.17) is 3.79 Å². The molecule has 0 aliphatic heterocycles. The molecular weight excluding hydrogens is 274 g/mol. The molecule has 0 saturated heterocycles. The smallest absolute Gasteiger partial charge is 0.494 e. The molecule has 5 nitrogen and oxygen atoms in total. The van der Waals surface area contributed by atoms with E-state index in [1.807, 2.05) is 30.3 Å². The van der Waals surface area contributed by atoms with Crippen molar-refractivity contribution in [2.75, 3.05) is 0 Å². The minimum atomic E-state index is -0.601. The van der Waals surface area contributed by atoms with Crippen LogP contribution in [-0.4, -0.2) is 36.2 Å². The maximum absolute atomic E-state index is 12.6. The van der Waals surface area contributed by atoms with Crippen LogP contribution in [0, 0.1) is 0 Å². The molecule has 3 rings (SSSR count). The summed E-state index contributed by atoms with van der Waals surface area (Å²) >= 11 is 1.36. The third-order valence-electron chi connectivity index (χ3n) is 2.84. The molecule has 99 valence electrons. The van der Waals surface area contributed by atoms with Crippen LogP contribution in [0.3, 0.4) is 0 Å². The fourth-order valence-corrected chi connectivity index (χ4v) is 2.08. The van der Waals surface area contributed by atoms with Gasteiger partial charge < -0.3 is 3.79 Å². The molecule has 0 amide bonds. The van der Waals surface area contributed by atoms with Crippen LogP contribution in [0.2, 0.25) is 0 Å². The Morgan fingerprint density at radius 3 is 2.55 bits per heavy atom. The molecule has 0 saturated carbocycles. The number of hydrogen-bond donors (Lipinski definition) is 0. The average molecular weight is 285 g/mol. The lowest BCUT2D eigenvalue weighted by Crippen LogP contribution is -2.01. The first kappa shape index (κ1) is 12.9. The largest absolute Gasteiger partial charge is 0.647 e. The fraction of sp³-hybridized carbons (Fsp3) is 0.0769. The van der Waals surface area contributed by atoms with Gasteiger partial charge in [0.05, 0.1) is 17.6 Å². The van der Waals surface area contributed by atoms with Crippen LogP contribution in [0.5, 0.6) is 5.75 Å². The van der Waals surface area contributed by atoms with E-state index in [9.17, 15) is 4.39 Å². The Labute approximate surface area is 123 Å². The van der Waals surface area contributed by atoms with Gasteiger partial charge in [0.25, 0.3) is 0 Å². The van der Waals surface area contributed by atoms with Crippen LogP contribution in [0.1, 0.15) is 5.69 Å². The summed E-state index contributed by atoms with van der Waals surface area (Å²) in [6.45, 7) is -0.601.